The van der Waals surface area contributed by atoms with Gasteiger partial charge >= 0.3 is 5.97 Å². The molecule has 8 nitrogen and oxygen atoms in total. The van der Waals surface area contributed by atoms with E-state index >= 15 is 0 Å². The summed E-state index contributed by atoms with van der Waals surface area (Å²) < 4.78 is 59.3. The smallest absolute Gasteiger partial charge is 0.323 e. The van der Waals surface area contributed by atoms with Crippen LogP contribution in [0.25, 0.3) is 0 Å². The van der Waals surface area contributed by atoms with Crippen LogP contribution in [0, 0.1) is 13.8 Å². The van der Waals surface area contributed by atoms with Gasteiger partial charge in [0.1, 0.15) is 6.04 Å². The number of hydrogen-bond donors (Lipinski definition) is 2. The Labute approximate surface area is 184 Å². The van der Waals surface area contributed by atoms with Gasteiger partial charge in [0.15, 0.2) is 0 Å². The Bertz CT molecular complexity index is 1080. The predicted octanol–water partition coefficient (Wildman–Crippen LogP) is 2.27. The van der Waals surface area contributed by atoms with Gasteiger partial charge in [-0.15, -0.1) is 0 Å². The van der Waals surface area contributed by atoms with Crippen molar-refractivity contribution < 1.29 is 26.4 Å². The van der Waals surface area contributed by atoms with Crippen LogP contribution in [-0.2, 0) is 29.6 Å². The Hall–Kier alpha value is -2.27. The number of nitrogens with one attached hydrogen (secondary N) is 2. The number of methoxy groups -OCH3 is 1. The summed E-state index contributed by atoms with van der Waals surface area (Å²) >= 11 is 0. The molecule has 0 aliphatic carbocycles. The van der Waals surface area contributed by atoms with Crippen LogP contribution < -0.4 is 9.44 Å². The Kier molecular flexibility index (Phi) is 8.75. The van der Waals surface area contributed by atoms with Crippen molar-refractivity contribution in [1.29, 1.82) is 0 Å². The molecule has 2 N–H and O–H groups in total. The fourth-order valence-electron chi connectivity index (χ4n) is 2.82. The zero-order chi connectivity index (χ0) is 23.1. The Morgan fingerprint density at radius 1 is 0.839 bits per heavy atom. The predicted molar refractivity (Wildman–Crippen MR) is 118 cm³/mol. The van der Waals surface area contributed by atoms with E-state index in [-0.39, 0.29) is 22.8 Å². The number of rotatable bonds is 11. The standard InChI is InChI=1S/C21H28N2O6S2/c1-16-7-11-18(12-8-16)30(25,26)22-15-5-4-6-20(21(24)29-3)23-31(27,28)19-13-9-17(2)10-14-19/h7-14,20,22-23H,4-6,15H2,1-3H3. The van der Waals surface area contributed by atoms with Crippen LogP contribution in [-0.4, -0.2) is 42.5 Å². The van der Waals surface area contributed by atoms with Gasteiger partial charge < -0.3 is 4.74 Å². The summed E-state index contributed by atoms with van der Waals surface area (Å²) in [5, 5.41) is 0. The summed E-state index contributed by atoms with van der Waals surface area (Å²) in [4.78, 5) is 12.3. The zero-order valence-corrected chi connectivity index (χ0v) is 19.4. The molecule has 0 aliphatic rings. The number of ether oxygens (including phenoxy) is 1. The fraction of sp³-hybridized carbons (Fsp3) is 0.381. The molecule has 0 aliphatic heterocycles. The molecule has 0 heterocycles. The minimum Gasteiger partial charge on any atom is -0.468 e. The molecule has 2 aromatic carbocycles. The molecule has 0 bridgehead atoms. The maximum atomic E-state index is 12.6. The quantitative estimate of drug-likeness (QED) is 0.386. The van der Waals surface area contributed by atoms with Gasteiger partial charge in [0.25, 0.3) is 0 Å². The molecule has 0 radical (unpaired) electrons. The largest absolute Gasteiger partial charge is 0.468 e. The summed E-state index contributed by atoms with van der Waals surface area (Å²) in [6, 6.07) is 11.7. The minimum atomic E-state index is -3.90. The van der Waals surface area contributed by atoms with Crippen molar-refractivity contribution in [1.82, 2.24) is 9.44 Å². The fourth-order valence-corrected chi connectivity index (χ4v) is 5.11. The van der Waals surface area contributed by atoms with Gasteiger partial charge in [-0.3, -0.25) is 4.79 Å². The molecule has 1 unspecified atom stereocenters. The molecule has 31 heavy (non-hydrogen) atoms. The topological polar surface area (TPSA) is 119 Å². The highest BCUT2D eigenvalue weighted by Crippen LogP contribution is 2.14. The van der Waals surface area contributed by atoms with Crippen molar-refractivity contribution in [3.63, 3.8) is 0 Å². The SMILES string of the molecule is COC(=O)C(CCCCNS(=O)(=O)c1ccc(C)cc1)NS(=O)(=O)c1ccc(C)cc1. The average molecular weight is 469 g/mol. The highest BCUT2D eigenvalue weighted by Gasteiger charge is 2.26. The highest BCUT2D eigenvalue weighted by atomic mass is 32.2. The van der Waals surface area contributed by atoms with Crippen molar-refractivity contribution in [2.24, 2.45) is 0 Å². The number of carbonyl (C=O) groups excluding carboxylic acids is 1. The highest BCUT2D eigenvalue weighted by molar-refractivity contribution is 7.89. The van der Waals surface area contributed by atoms with Crippen LogP contribution in [0.1, 0.15) is 30.4 Å². The Balaban J connectivity index is 1.91. The molecular formula is C21H28N2O6S2. The lowest BCUT2D eigenvalue weighted by atomic mass is 10.1. The monoisotopic (exact) mass is 468 g/mol. The Morgan fingerprint density at radius 3 is 1.81 bits per heavy atom. The van der Waals surface area contributed by atoms with Crippen molar-refractivity contribution in [2.75, 3.05) is 13.7 Å². The van der Waals surface area contributed by atoms with E-state index in [0.29, 0.717) is 12.8 Å². The first-order valence-electron chi connectivity index (χ1n) is 9.78. The van der Waals surface area contributed by atoms with E-state index in [9.17, 15) is 21.6 Å². The first-order chi connectivity index (χ1) is 14.5. The molecule has 1 atom stereocenters. The Morgan fingerprint density at radius 2 is 1.32 bits per heavy atom. The lowest BCUT2D eigenvalue weighted by Gasteiger charge is -2.17. The molecule has 0 spiro atoms. The van der Waals surface area contributed by atoms with Crippen molar-refractivity contribution in [2.45, 2.75) is 48.9 Å². The van der Waals surface area contributed by atoms with Gasteiger partial charge in [0.05, 0.1) is 16.9 Å². The summed E-state index contributed by atoms with van der Waals surface area (Å²) in [5.41, 5.74) is 1.87. The number of hydrogen-bond acceptors (Lipinski definition) is 6. The second-order valence-corrected chi connectivity index (χ2v) is 10.7. The van der Waals surface area contributed by atoms with Crippen molar-refractivity contribution in [3.05, 3.63) is 59.7 Å². The van der Waals surface area contributed by atoms with E-state index in [1.165, 1.54) is 31.4 Å². The first kappa shape index (κ1) is 25.0. The molecular weight excluding hydrogens is 440 g/mol. The molecule has 0 saturated carbocycles. The van der Waals surface area contributed by atoms with Gasteiger partial charge in [-0.2, -0.15) is 4.72 Å². The van der Waals surface area contributed by atoms with Gasteiger partial charge in [0, 0.05) is 6.54 Å². The molecule has 10 heteroatoms. The van der Waals surface area contributed by atoms with Crippen LogP contribution in [0.4, 0.5) is 0 Å². The van der Waals surface area contributed by atoms with Crippen LogP contribution >= 0.6 is 0 Å². The maximum Gasteiger partial charge on any atom is 0.323 e. The number of sulfonamides is 2. The van der Waals surface area contributed by atoms with Crippen molar-refractivity contribution in [3.8, 4) is 0 Å². The van der Waals surface area contributed by atoms with Crippen LogP contribution in [0.2, 0.25) is 0 Å². The van der Waals surface area contributed by atoms with Gasteiger partial charge in [0.2, 0.25) is 20.0 Å². The van der Waals surface area contributed by atoms with E-state index in [1.807, 2.05) is 13.8 Å². The summed E-state index contributed by atoms with van der Waals surface area (Å²) in [7, 11) is -6.33. The van der Waals surface area contributed by atoms with Crippen LogP contribution in [0.3, 0.4) is 0 Å². The number of benzene rings is 2. The zero-order valence-electron chi connectivity index (χ0n) is 17.8. The van der Waals surface area contributed by atoms with E-state index in [0.717, 1.165) is 11.1 Å². The summed E-state index contributed by atoms with van der Waals surface area (Å²) in [6.07, 6.45) is 1.00. The summed E-state index contributed by atoms with van der Waals surface area (Å²) in [5.74, 6) is -0.698. The minimum absolute atomic E-state index is 0.0536. The second-order valence-electron chi connectivity index (χ2n) is 7.22. The molecule has 0 amide bonds. The molecule has 0 aromatic heterocycles. The lowest BCUT2D eigenvalue weighted by molar-refractivity contribution is -0.142. The number of carbonyl (C=O) groups is 1. The van der Waals surface area contributed by atoms with Gasteiger partial charge in [-0.05, 0) is 57.4 Å². The third-order valence-electron chi connectivity index (χ3n) is 4.66. The second kappa shape index (κ2) is 10.9. The van der Waals surface area contributed by atoms with E-state index in [2.05, 4.69) is 9.44 Å². The lowest BCUT2D eigenvalue weighted by Crippen LogP contribution is -2.41. The van der Waals surface area contributed by atoms with E-state index in [4.69, 9.17) is 4.74 Å². The average Bonchev–Trinajstić information content (AvgIpc) is 2.72. The van der Waals surface area contributed by atoms with Gasteiger partial charge in [-0.25, -0.2) is 21.6 Å². The van der Waals surface area contributed by atoms with Crippen LogP contribution in [0.5, 0.6) is 0 Å². The molecule has 2 rings (SSSR count). The molecule has 2 aromatic rings. The van der Waals surface area contributed by atoms with Gasteiger partial charge in [-0.1, -0.05) is 35.4 Å². The normalized spacial score (nSPS) is 13.0. The first-order valence-corrected chi connectivity index (χ1v) is 12.7. The van der Waals surface area contributed by atoms with E-state index in [1.54, 1.807) is 24.3 Å². The number of esters is 1. The molecule has 0 fully saturated rings. The molecule has 0 saturated heterocycles. The third-order valence-corrected chi connectivity index (χ3v) is 7.62. The number of aryl methyl sites for hydroxylation is 2. The maximum absolute atomic E-state index is 12.6. The third kappa shape index (κ3) is 7.42. The molecule has 170 valence electrons. The van der Waals surface area contributed by atoms with E-state index < -0.39 is 32.1 Å². The number of unbranched alkanes of at least 4 members (excludes halogenated alkanes) is 1. The summed E-state index contributed by atoms with van der Waals surface area (Å²) in [6.45, 7) is 3.87. The van der Waals surface area contributed by atoms with Crippen LogP contribution in [0.15, 0.2) is 58.3 Å². The van der Waals surface area contributed by atoms with Crippen molar-refractivity contribution >= 4 is 26.0 Å².